The largest absolute Gasteiger partial charge is 0.465 e. The number of carbonyl (C=O) groups is 1. The Balaban J connectivity index is 0.000000170. The first-order valence-electron chi connectivity index (χ1n) is 17.8. The Labute approximate surface area is 315 Å². The average Bonchev–Trinajstić information content (AvgIpc) is 3.77. The fourth-order valence-corrected chi connectivity index (χ4v) is 8.45. The van der Waals surface area contributed by atoms with Crippen LogP contribution in [0, 0.1) is 9.54 Å². The van der Waals surface area contributed by atoms with Crippen LogP contribution in [0.5, 0.6) is 0 Å². The molecule has 12 nitrogen and oxygen atoms in total. The molecule has 0 atom stereocenters. The molecule has 6 aromatic rings. The summed E-state index contributed by atoms with van der Waals surface area (Å²) in [6.45, 7) is 6.90. The SMILES string of the molecule is CC(C)(C)N(C(=O)O)C1(c2cccc(Cn3c(=S)[nH]c(=O)c4[nH]ccc43)c2)CCC1.NC1(c2cccc(Cn3c(=S)[nH]c(=O)c4[nH]ccc43)c2)CCC1. The van der Waals surface area contributed by atoms with E-state index in [4.69, 9.17) is 30.2 Å². The molecular weight excluding hydrogens is 709 g/mol. The predicted molar refractivity (Wildman–Crippen MR) is 211 cm³/mol. The summed E-state index contributed by atoms with van der Waals surface area (Å²) in [4.78, 5) is 49.2. The molecule has 0 saturated heterocycles. The smallest absolute Gasteiger partial charge is 0.408 e. The molecule has 0 unspecified atom stereocenters. The van der Waals surface area contributed by atoms with Crippen molar-refractivity contribution in [2.24, 2.45) is 5.73 Å². The summed E-state index contributed by atoms with van der Waals surface area (Å²) >= 11 is 10.7. The Morgan fingerprint density at radius 3 is 1.68 bits per heavy atom. The zero-order chi connectivity index (χ0) is 37.7. The Morgan fingerprint density at radius 1 is 0.792 bits per heavy atom. The van der Waals surface area contributed by atoms with Crippen molar-refractivity contribution in [2.75, 3.05) is 0 Å². The van der Waals surface area contributed by atoms with E-state index in [1.807, 2.05) is 66.3 Å². The lowest BCUT2D eigenvalue weighted by atomic mass is 9.68. The van der Waals surface area contributed by atoms with Gasteiger partial charge in [0, 0.05) is 23.5 Å². The van der Waals surface area contributed by atoms with Crippen LogP contribution in [0.1, 0.15) is 81.5 Å². The van der Waals surface area contributed by atoms with Gasteiger partial charge < -0.3 is 29.9 Å². The molecule has 53 heavy (non-hydrogen) atoms. The third-order valence-electron chi connectivity index (χ3n) is 10.8. The van der Waals surface area contributed by atoms with E-state index in [9.17, 15) is 19.5 Å². The Bertz CT molecular complexity index is 2580. The molecule has 7 N–H and O–H groups in total. The maximum absolute atomic E-state index is 12.2. The molecule has 0 aliphatic heterocycles. The zero-order valence-electron chi connectivity index (χ0n) is 30.0. The molecule has 2 fully saturated rings. The predicted octanol–water partition coefficient (Wildman–Crippen LogP) is 7.37. The number of aromatic nitrogens is 6. The first-order valence-corrected chi connectivity index (χ1v) is 18.6. The minimum Gasteiger partial charge on any atom is -0.465 e. The summed E-state index contributed by atoms with van der Waals surface area (Å²) in [6.07, 6.45) is 8.45. The highest BCUT2D eigenvalue weighted by Crippen LogP contribution is 2.49. The van der Waals surface area contributed by atoms with Gasteiger partial charge in [-0.05, 0) is 118 Å². The van der Waals surface area contributed by atoms with E-state index in [0.29, 0.717) is 33.7 Å². The lowest BCUT2D eigenvalue weighted by Crippen LogP contribution is -2.60. The monoisotopic (exact) mass is 752 g/mol. The highest BCUT2D eigenvalue weighted by Gasteiger charge is 2.50. The van der Waals surface area contributed by atoms with E-state index in [1.165, 1.54) is 12.0 Å². The van der Waals surface area contributed by atoms with Crippen molar-refractivity contribution in [1.82, 2.24) is 34.0 Å². The van der Waals surface area contributed by atoms with E-state index >= 15 is 0 Å². The van der Waals surface area contributed by atoms with Crippen LogP contribution >= 0.6 is 24.4 Å². The first kappa shape index (κ1) is 36.3. The van der Waals surface area contributed by atoms with Crippen molar-refractivity contribution >= 4 is 52.6 Å². The van der Waals surface area contributed by atoms with Gasteiger partial charge in [-0.1, -0.05) is 48.5 Å². The number of H-pyrrole nitrogens is 4. The lowest BCUT2D eigenvalue weighted by molar-refractivity contribution is -0.0328. The van der Waals surface area contributed by atoms with Gasteiger partial charge in [0.05, 0.1) is 29.7 Å². The summed E-state index contributed by atoms with van der Waals surface area (Å²) in [5.74, 6) is 0. The number of benzene rings is 2. The van der Waals surface area contributed by atoms with Gasteiger partial charge >= 0.3 is 6.09 Å². The number of hydrogen-bond donors (Lipinski definition) is 6. The van der Waals surface area contributed by atoms with Crippen molar-refractivity contribution < 1.29 is 9.90 Å². The van der Waals surface area contributed by atoms with Crippen LogP contribution in [0.4, 0.5) is 4.79 Å². The van der Waals surface area contributed by atoms with Crippen molar-refractivity contribution in [1.29, 1.82) is 0 Å². The molecule has 2 aliphatic carbocycles. The topological polar surface area (TPSA) is 174 Å². The fraction of sp³-hybridized carbons (Fsp3) is 0.359. The van der Waals surface area contributed by atoms with Gasteiger partial charge in [-0.2, -0.15) is 0 Å². The second kappa shape index (κ2) is 13.7. The van der Waals surface area contributed by atoms with Crippen LogP contribution in [0.3, 0.4) is 0 Å². The van der Waals surface area contributed by atoms with Crippen molar-refractivity contribution in [3.8, 4) is 0 Å². The summed E-state index contributed by atoms with van der Waals surface area (Å²) in [7, 11) is 0. The molecule has 2 aliphatic rings. The molecule has 2 saturated carbocycles. The molecule has 2 aromatic carbocycles. The van der Waals surface area contributed by atoms with Gasteiger partial charge in [0.2, 0.25) is 0 Å². The quantitative estimate of drug-likeness (QED) is 0.0924. The minimum absolute atomic E-state index is 0.175. The standard InChI is InChI=1S/C22H26N4O3S.C17H18N4OS/c1-21(2,3)26(20(28)29)22(9-5-10-22)15-7-4-6-14(12-15)13-25-16-8-11-23-17(16)18(27)24-19(25)30;18-17(6-2-7-17)12-4-1-3-11(9-12)10-21-13-5-8-19-14(13)15(22)20-16(21)23/h4,6-8,11-12,23H,5,9-10,13H2,1-3H3,(H,28,29)(H,24,27,30);1,3-5,8-9,19H,2,6-7,10,18H2,(H,20,22,23). The molecule has 4 aromatic heterocycles. The highest BCUT2D eigenvalue weighted by atomic mass is 32.1. The second-order valence-corrected chi connectivity index (χ2v) is 16.0. The first-order chi connectivity index (χ1) is 25.2. The van der Waals surface area contributed by atoms with Crippen LogP contribution in [0.15, 0.2) is 82.6 Å². The lowest BCUT2D eigenvalue weighted by Gasteiger charge is -2.54. The highest BCUT2D eigenvalue weighted by molar-refractivity contribution is 7.71. The van der Waals surface area contributed by atoms with Crippen LogP contribution in [-0.2, 0) is 24.2 Å². The van der Waals surface area contributed by atoms with Crippen LogP contribution in [-0.4, -0.2) is 50.7 Å². The minimum atomic E-state index is -0.899. The van der Waals surface area contributed by atoms with Gasteiger partial charge in [-0.15, -0.1) is 0 Å². The van der Waals surface area contributed by atoms with Crippen LogP contribution in [0.2, 0.25) is 0 Å². The third-order valence-corrected chi connectivity index (χ3v) is 11.4. The van der Waals surface area contributed by atoms with Gasteiger partial charge in [0.15, 0.2) is 9.54 Å². The Kier molecular flexibility index (Phi) is 9.41. The fourth-order valence-electron chi connectivity index (χ4n) is 7.94. The molecule has 276 valence electrons. The second-order valence-electron chi connectivity index (χ2n) is 15.3. The van der Waals surface area contributed by atoms with E-state index in [1.54, 1.807) is 17.3 Å². The molecule has 0 bridgehead atoms. The van der Waals surface area contributed by atoms with Gasteiger partial charge in [-0.3, -0.25) is 24.5 Å². The number of nitrogens with two attached hydrogens (primary N) is 1. The number of rotatable bonds is 7. The summed E-state index contributed by atoms with van der Waals surface area (Å²) in [5, 5.41) is 10.0. The summed E-state index contributed by atoms with van der Waals surface area (Å²) < 4.78 is 4.61. The molecular formula is C39H44N8O4S2. The van der Waals surface area contributed by atoms with E-state index in [0.717, 1.165) is 59.8 Å². The normalized spacial score (nSPS) is 16.0. The number of aromatic amines is 4. The van der Waals surface area contributed by atoms with Gasteiger partial charge in [-0.25, -0.2) is 4.79 Å². The number of hydrogen-bond acceptors (Lipinski definition) is 6. The van der Waals surface area contributed by atoms with Crippen LogP contribution in [0.25, 0.3) is 22.1 Å². The number of nitrogens with zero attached hydrogens (tertiary/aromatic N) is 3. The summed E-state index contributed by atoms with van der Waals surface area (Å²) in [6, 6.07) is 20.1. The summed E-state index contributed by atoms with van der Waals surface area (Å²) in [5.41, 5.74) is 11.7. The molecule has 4 heterocycles. The Morgan fingerprint density at radius 2 is 1.26 bits per heavy atom. The molecule has 14 heteroatoms. The number of carboxylic acid groups (broad SMARTS) is 1. The van der Waals surface area contributed by atoms with Crippen molar-refractivity contribution in [3.05, 3.63) is 126 Å². The van der Waals surface area contributed by atoms with E-state index < -0.39 is 17.2 Å². The molecule has 0 spiro atoms. The number of fused-ring (bicyclic) bond motifs is 2. The van der Waals surface area contributed by atoms with Gasteiger partial charge in [0.25, 0.3) is 11.1 Å². The van der Waals surface area contributed by atoms with Gasteiger partial charge in [0.1, 0.15) is 11.0 Å². The average molecular weight is 753 g/mol. The van der Waals surface area contributed by atoms with E-state index in [2.05, 4.69) is 44.2 Å². The zero-order valence-corrected chi connectivity index (χ0v) is 31.6. The van der Waals surface area contributed by atoms with Crippen LogP contribution < -0.4 is 16.9 Å². The van der Waals surface area contributed by atoms with E-state index in [-0.39, 0.29) is 16.7 Å². The Hall–Kier alpha value is -5.05. The maximum Gasteiger partial charge on any atom is 0.408 e. The maximum atomic E-state index is 12.2. The third kappa shape index (κ3) is 6.70. The number of nitrogens with one attached hydrogen (secondary N) is 4. The molecule has 0 radical (unpaired) electrons. The number of amides is 1. The van der Waals surface area contributed by atoms with Crippen molar-refractivity contribution in [3.63, 3.8) is 0 Å². The molecule has 8 rings (SSSR count). The van der Waals surface area contributed by atoms with Crippen molar-refractivity contribution in [2.45, 2.75) is 89.0 Å². The molecule has 1 amide bonds.